The van der Waals surface area contributed by atoms with Gasteiger partial charge in [0.15, 0.2) is 5.82 Å². The standard InChI is InChI=1S/C12H17N3O2S/c1-12(2,3)9(13)10-14-11(17-15-10)8-5-7(16-4)6-18-8/h5-6,9H,13H2,1-4H3. The summed E-state index contributed by atoms with van der Waals surface area (Å²) in [5, 5.41) is 5.84. The average Bonchev–Trinajstić information content (AvgIpc) is 2.95. The van der Waals surface area contributed by atoms with Crippen LogP contribution in [-0.2, 0) is 0 Å². The Hall–Kier alpha value is -1.40. The maximum absolute atomic E-state index is 6.09. The Labute approximate surface area is 110 Å². The number of ether oxygens (including phenoxy) is 1. The molecule has 2 rings (SSSR count). The maximum Gasteiger partial charge on any atom is 0.268 e. The third-order valence-electron chi connectivity index (χ3n) is 2.67. The Kier molecular flexibility index (Phi) is 3.41. The van der Waals surface area contributed by atoms with E-state index in [2.05, 4.69) is 10.1 Å². The zero-order valence-corrected chi connectivity index (χ0v) is 11.7. The molecule has 1 unspecified atom stereocenters. The second kappa shape index (κ2) is 4.70. The maximum atomic E-state index is 6.09. The van der Waals surface area contributed by atoms with Gasteiger partial charge in [0.25, 0.3) is 5.89 Å². The van der Waals surface area contributed by atoms with Gasteiger partial charge in [0.05, 0.1) is 18.0 Å². The lowest BCUT2D eigenvalue weighted by Gasteiger charge is -2.23. The van der Waals surface area contributed by atoms with Crippen molar-refractivity contribution >= 4 is 11.3 Å². The van der Waals surface area contributed by atoms with Crippen molar-refractivity contribution in [2.45, 2.75) is 26.8 Å². The number of aromatic nitrogens is 2. The SMILES string of the molecule is COc1csc(-c2nc(C(N)C(C)(C)C)no2)c1. The van der Waals surface area contributed by atoms with Crippen LogP contribution in [0.15, 0.2) is 16.0 Å². The molecule has 0 fully saturated rings. The summed E-state index contributed by atoms with van der Waals surface area (Å²) < 4.78 is 10.4. The van der Waals surface area contributed by atoms with Crippen LogP contribution in [0.1, 0.15) is 32.6 Å². The van der Waals surface area contributed by atoms with Gasteiger partial charge in [-0.15, -0.1) is 11.3 Å². The Morgan fingerprint density at radius 1 is 1.44 bits per heavy atom. The minimum absolute atomic E-state index is 0.103. The fourth-order valence-corrected chi connectivity index (χ4v) is 2.16. The van der Waals surface area contributed by atoms with E-state index in [9.17, 15) is 0 Å². The van der Waals surface area contributed by atoms with Gasteiger partial charge in [-0.25, -0.2) is 0 Å². The molecule has 0 spiro atoms. The van der Waals surface area contributed by atoms with E-state index in [0.717, 1.165) is 10.6 Å². The summed E-state index contributed by atoms with van der Waals surface area (Å²) in [4.78, 5) is 5.23. The molecule has 0 radical (unpaired) electrons. The number of nitrogens with zero attached hydrogens (tertiary/aromatic N) is 2. The molecule has 6 heteroatoms. The Balaban J connectivity index is 2.25. The Morgan fingerprint density at radius 2 is 2.17 bits per heavy atom. The fraction of sp³-hybridized carbons (Fsp3) is 0.500. The van der Waals surface area contributed by atoms with Crippen molar-refractivity contribution < 1.29 is 9.26 Å². The normalized spacial score (nSPS) is 13.6. The molecule has 2 N–H and O–H groups in total. The van der Waals surface area contributed by atoms with Crippen molar-refractivity contribution in [2.24, 2.45) is 11.1 Å². The van der Waals surface area contributed by atoms with Crippen molar-refractivity contribution in [2.75, 3.05) is 7.11 Å². The number of hydrogen-bond donors (Lipinski definition) is 1. The Morgan fingerprint density at radius 3 is 2.72 bits per heavy atom. The van der Waals surface area contributed by atoms with Crippen LogP contribution >= 0.6 is 11.3 Å². The zero-order valence-electron chi connectivity index (χ0n) is 10.9. The summed E-state index contributed by atoms with van der Waals surface area (Å²) in [5.41, 5.74) is 5.99. The van der Waals surface area contributed by atoms with Crippen LogP contribution in [0.2, 0.25) is 0 Å². The molecular formula is C12H17N3O2S. The topological polar surface area (TPSA) is 74.2 Å². The molecule has 0 aliphatic carbocycles. The molecule has 0 aliphatic rings. The van der Waals surface area contributed by atoms with Crippen LogP contribution in [0.4, 0.5) is 0 Å². The van der Waals surface area contributed by atoms with E-state index in [0.29, 0.717) is 11.7 Å². The van der Waals surface area contributed by atoms with Gasteiger partial charge in [-0.1, -0.05) is 25.9 Å². The molecule has 2 aromatic heterocycles. The lowest BCUT2D eigenvalue weighted by atomic mass is 9.87. The third-order valence-corrected chi connectivity index (χ3v) is 3.57. The van der Waals surface area contributed by atoms with Gasteiger partial charge in [0, 0.05) is 11.4 Å². The number of hydrogen-bond acceptors (Lipinski definition) is 6. The van der Waals surface area contributed by atoms with Crippen LogP contribution in [-0.4, -0.2) is 17.3 Å². The van der Waals surface area contributed by atoms with Gasteiger partial charge in [0.1, 0.15) is 5.75 Å². The highest BCUT2D eigenvalue weighted by atomic mass is 32.1. The first-order valence-electron chi connectivity index (χ1n) is 5.64. The molecule has 2 heterocycles. The summed E-state index contributed by atoms with van der Waals surface area (Å²) in [6, 6.07) is 1.61. The first kappa shape index (κ1) is 13.0. The molecule has 0 saturated heterocycles. The van der Waals surface area contributed by atoms with Crippen LogP contribution in [0, 0.1) is 5.41 Å². The molecule has 0 aromatic carbocycles. The van der Waals surface area contributed by atoms with Gasteiger partial charge >= 0.3 is 0 Å². The minimum Gasteiger partial charge on any atom is -0.496 e. The number of rotatable bonds is 3. The first-order chi connectivity index (χ1) is 8.41. The van der Waals surface area contributed by atoms with E-state index < -0.39 is 0 Å². The van der Waals surface area contributed by atoms with Crippen LogP contribution in [0.5, 0.6) is 5.75 Å². The highest BCUT2D eigenvalue weighted by molar-refractivity contribution is 7.13. The van der Waals surface area contributed by atoms with Crippen LogP contribution < -0.4 is 10.5 Å². The quantitative estimate of drug-likeness (QED) is 0.925. The Bertz CT molecular complexity index is 527. The van der Waals surface area contributed by atoms with Crippen LogP contribution in [0.3, 0.4) is 0 Å². The summed E-state index contributed by atoms with van der Waals surface area (Å²) in [6.07, 6.45) is 0. The third kappa shape index (κ3) is 2.54. The highest BCUT2D eigenvalue weighted by Gasteiger charge is 2.27. The smallest absolute Gasteiger partial charge is 0.268 e. The van der Waals surface area contributed by atoms with E-state index >= 15 is 0 Å². The second-order valence-electron chi connectivity index (χ2n) is 5.15. The summed E-state index contributed by atoms with van der Waals surface area (Å²) in [5.74, 6) is 1.80. The van der Waals surface area contributed by atoms with Crippen LogP contribution in [0.25, 0.3) is 10.8 Å². The van der Waals surface area contributed by atoms with Gasteiger partial charge in [0.2, 0.25) is 0 Å². The highest BCUT2D eigenvalue weighted by Crippen LogP contribution is 2.33. The molecular weight excluding hydrogens is 250 g/mol. The van der Waals surface area contributed by atoms with Crippen molar-refractivity contribution in [1.29, 1.82) is 0 Å². The van der Waals surface area contributed by atoms with Gasteiger partial charge < -0.3 is 15.0 Å². The van der Waals surface area contributed by atoms with Gasteiger partial charge in [-0.2, -0.15) is 4.98 Å². The zero-order chi connectivity index (χ0) is 13.3. The lowest BCUT2D eigenvalue weighted by molar-refractivity contribution is 0.303. The van der Waals surface area contributed by atoms with E-state index in [4.69, 9.17) is 15.0 Å². The van der Waals surface area contributed by atoms with E-state index in [-0.39, 0.29) is 11.5 Å². The van der Waals surface area contributed by atoms with E-state index in [1.807, 2.05) is 32.2 Å². The molecule has 2 aromatic rings. The molecule has 98 valence electrons. The fourth-order valence-electron chi connectivity index (χ4n) is 1.39. The number of thiophene rings is 1. The largest absolute Gasteiger partial charge is 0.496 e. The molecule has 0 bridgehead atoms. The molecule has 0 saturated carbocycles. The molecule has 18 heavy (non-hydrogen) atoms. The van der Waals surface area contributed by atoms with Crippen molar-refractivity contribution in [3.8, 4) is 16.5 Å². The van der Waals surface area contributed by atoms with E-state index in [1.165, 1.54) is 11.3 Å². The second-order valence-corrected chi connectivity index (χ2v) is 6.06. The molecule has 0 amide bonds. The van der Waals surface area contributed by atoms with Crippen molar-refractivity contribution in [1.82, 2.24) is 10.1 Å². The lowest BCUT2D eigenvalue weighted by Crippen LogP contribution is -2.27. The summed E-state index contributed by atoms with van der Waals surface area (Å²) in [7, 11) is 1.63. The minimum atomic E-state index is -0.253. The molecule has 0 aliphatic heterocycles. The monoisotopic (exact) mass is 267 g/mol. The molecule has 1 atom stereocenters. The van der Waals surface area contributed by atoms with E-state index in [1.54, 1.807) is 7.11 Å². The predicted molar refractivity (Wildman–Crippen MR) is 70.5 cm³/mol. The van der Waals surface area contributed by atoms with Crippen molar-refractivity contribution in [3.63, 3.8) is 0 Å². The molecule has 5 nitrogen and oxygen atoms in total. The summed E-state index contributed by atoms with van der Waals surface area (Å²) in [6.45, 7) is 6.13. The first-order valence-corrected chi connectivity index (χ1v) is 6.52. The number of nitrogens with two attached hydrogens (primary N) is 1. The summed E-state index contributed by atoms with van der Waals surface area (Å²) >= 11 is 1.50. The van der Waals surface area contributed by atoms with Gasteiger partial charge in [-0.05, 0) is 5.41 Å². The van der Waals surface area contributed by atoms with Gasteiger partial charge in [-0.3, -0.25) is 0 Å². The predicted octanol–water partition coefficient (Wildman–Crippen LogP) is 2.85. The van der Waals surface area contributed by atoms with Crippen molar-refractivity contribution in [3.05, 3.63) is 17.3 Å². The number of methoxy groups -OCH3 is 1. The average molecular weight is 267 g/mol.